The summed E-state index contributed by atoms with van der Waals surface area (Å²) < 4.78 is 0. The van der Waals surface area contributed by atoms with Gasteiger partial charge in [0.2, 0.25) is 0 Å². The van der Waals surface area contributed by atoms with E-state index in [-0.39, 0.29) is 17.5 Å². The molecule has 0 spiro atoms. The molecule has 0 heterocycles. The molecule has 0 bridgehead atoms. The Balaban J connectivity index is 1.77. The molecule has 0 atom stereocenters. The highest BCUT2D eigenvalue weighted by Crippen LogP contribution is 2.24. The third-order valence-electron chi connectivity index (χ3n) is 4.53. The van der Waals surface area contributed by atoms with E-state index in [2.05, 4.69) is 10.6 Å². The lowest BCUT2D eigenvalue weighted by molar-refractivity contribution is 0.0928. The Morgan fingerprint density at radius 3 is 2.38 bits per heavy atom. The maximum Gasteiger partial charge on any atom is 0.257 e. The quantitative estimate of drug-likeness (QED) is 0.742. The van der Waals surface area contributed by atoms with Crippen LogP contribution in [0.4, 0.5) is 5.69 Å². The molecule has 26 heavy (non-hydrogen) atoms. The maximum atomic E-state index is 12.7. The van der Waals surface area contributed by atoms with Gasteiger partial charge in [-0.05, 0) is 43.2 Å². The lowest BCUT2D eigenvalue weighted by atomic mass is 9.95. The lowest BCUT2D eigenvalue weighted by Crippen LogP contribution is -2.36. The lowest BCUT2D eigenvalue weighted by Gasteiger charge is -2.23. The molecular weight excluding hydrogens is 371 g/mol. The molecule has 1 aliphatic rings. The van der Waals surface area contributed by atoms with Gasteiger partial charge in [0.15, 0.2) is 0 Å². The fourth-order valence-corrected chi connectivity index (χ4v) is 3.54. The number of hydrogen-bond acceptors (Lipinski definition) is 2. The summed E-state index contributed by atoms with van der Waals surface area (Å²) in [6.45, 7) is 0. The molecular formula is C20H20Cl2N2O2. The Morgan fingerprint density at radius 1 is 0.885 bits per heavy atom. The van der Waals surface area contributed by atoms with Crippen molar-refractivity contribution in [1.82, 2.24) is 5.32 Å². The van der Waals surface area contributed by atoms with Crippen molar-refractivity contribution < 1.29 is 9.59 Å². The van der Waals surface area contributed by atoms with Crippen LogP contribution in [0.15, 0.2) is 42.5 Å². The van der Waals surface area contributed by atoms with Crippen molar-refractivity contribution in [2.24, 2.45) is 0 Å². The van der Waals surface area contributed by atoms with Crippen LogP contribution in [0.2, 0.25) is 10.0 Å². The predicted octanol–water partition coefficient (Wildman–Crippen LogP) is 5.31. The molecule has 4 nitrogen and oxygen atoms in total. The van der Waals surface area contributed by atoms with E-state index in [0.29, 0.717) is 21.3 Å². The number of halogens is 2. The minimum atomic E-state index is -0.407. The number of amides is 2. The number of benzene rings is 2. The summed E-state index contributed by atoms with van der Waals surface area (Å²) in [6, 6.07) is 11.8. The van der Waals surface area contributed by atoms with Gasteiger partial charge < -0.3 is 10.6 Å². The highest BCUT2D eigenvalue weighted by molar-refractivity contribution is 6.36. The van der Waals surface area contributed by atoms with Gasteiger partial charge in [0.1, 0.15) is 0 Å². The van der Waals surface area contributed by atoms with E-state index < -0.39 is 5.91 Å². The van der Waals surface area contributed by atoms with E-state index in [1.165, 1.54) is 12.5 Å². The molecule has 0 aliphatic heterocycles. The molecule has 0 radical (unpaired) electrons. The minimum absolute atomic E-state index is 0.176. The number of para-hydroxylation sites is 1. The van der Waals surface area contributed by atoms with Gasteiger partial charge >= 0.3 is 0 Å². The third-order valence-corrected chi connectivity index (χ3v) is 5.10. The Kier molecular flexibility index (Phi) is 6.17. The Labute approximate surface area is 162 Å². The van der Waals surface area contributed by atoms with Gasteiger partial charge in [-0.2, -0.15) is 0 Å². The number of carbonyl (C=O) groups excluding carboxylic acids is 2. The summed E-state index contributed by atoms with van der Waals surface area (Å²) in [5.74, 6) is -0.583. The molecule has 0 saturated heterocycles. The highest BCUT2D eigenvalue weighted by atomic mass is 35.5. The van der Waals surface area contributed by atoms with Crippen LogP contribution < -0.4 is 10.6 Å². The minimum Gasteiger partial charge on any atom is -0.349 e. The number of nitrogens with one attached hydrogen (secondary N) is 2. The van der Waals surface area contributed by atoms with Crippen LogP contribution in [0.3, 0.4) is 0 Å². The molecule has 1 saturated carbocycles. The molecule has 2 amide bonds. The summed E-state index contributed by atoms with van der Waals surface area (Å²) >= 11 is 12.0. The standard InChI is InChI=1S/C20H20Cl2N2O2/c21-13-10-11-17(22)16(12-13)20(26)24-18-9-5-4-8-15(18)19(25)23-14-6-2-1-3-7-14/h4-5,8-12,14H,1-3,6-7H2,(H,23,25)(H,24,26). The van der Waals surface area contributed by atoms with Crippen molar-refractivity contribution in [3.05, 3.63) is 63.6 Å². The predicted molar refractivity (Wildman–Crippen MR) is 105 cm³/mol. The van der Waals surface area contributed by atoms with E-state index in [9.17, 15) is 9.59 Å². The molecule has 2 aromatic rings. The molecule has 0 aromatic heterocycles. The Hall–Kier alpha value is -2.04. The van der Waals surface area contributed by atoms with Gasteiger partial charge in [0.05, 0.1) is 21.8 Å². The second kappa shape index (κ2) is 8.56. The SMILES string of the molecule is O=C(Nc1ccccc1C(=O)NC1CCCCC1)c1cc(Cl)ccc1Cl. The zero-order chi connectivity index (χ0) is 18.5. The van der Waals surface area contributed by atoms with Crippen LogP contribution in [0.1, 0.15) is 52.8 Å². The zero-order valence-electron chi connectivity index (χ0n) is 14.2. The first-order valence-corrected chi connectivity index (χ1v) is 9.46. The van der Waals surface area contributed by atoms with Crippen molar-refractivity contribution in [3.8, 4) is 0 Å². The van der Waals surface area contributed by atoms with Crippen LogP contribution in [0, 0.1) is 0 Å². The van der Waals surface area contributed by atoms with Crippen LogP contribution >= 0.6 is 23.2 Å². The smallest absolute Gasteiger partial charge is 0.257 e. The van der Waals surface area contributed by atoms with Gasteiger partial charge in [-0.1, -0.05) is 54.6 Å². The topological polar surface area (TPSA) is 58.2 Å². The summed E-state index contributed by atoms with van der Waals surface area (Å²) in [5, 5.41) is 6.56. The fourth-order valence-electron chi connectivity index (χ4n) is 3.16. The highest BCUT2D eigenvalue weighted by Gasteiger charge is 2.20. The normalized spacial score (nSPS) is 14.7. The first-order chi connectivity index (χ1) is 12.5. The van der Waals surface area contributed by atoms with Gasteiger partial charge in [-0.25, -0.2) is 0 Å². The van der Waals surface area contributed by atoms with E-state index in [4.69, 9.17) is 23.2 Å². The van der Waals surface area contributed by atoms with Crippen LogP contribution in [0.5, 0.6) is 0 Å². The number of anilines is 1. The first kappa shape index (κ1) is 18.7. The molecule has 2 N–H and O–H groups in total. The third kappa shape index (κ3) is 4.57. The van der Waals surface area contributed by atoms with Gasteiger partial charge in [-0.15, -0.1) is 0 Å². The average molecular weight is 391 g/mol. The maximum absolute atomic E-state index is 12.7. The van der Waals surface area contributed by atoms with E-state index in [0.717, 1.165) is 25.7 Å². The largest absolute Gasteiger partial charge is 0.349 e. The van der Waals surface area contributed by atoms with E-state index in [1.54, 1.807) is 36.4 Å². The van der Waals surface area contributed by atoms with Crippen molar-refractivity contribution in [2.75, 3.05) is 5.32 Å². The van der Waals surface area contributed by atoms with Crippen molar-refractivity contribution in [2.45, 2.75) is 38.1 Å². The summed E-state index contributed by atoms with van der Waals surface area (Å²) in [6.07, 6.45) is 5.49. The van der Waals surface area contributed by atoms with Gasteiger partial charge in [0, 0.05) is 11.1 Å². The number of hydrogen-bond donors (Lipinski definition) is 2. The molecule has 3 rings (SSSR count). The van der Waals surface area contributed by atoms with Crippen molar-refractivity contribution in [1.29, 1.82) is 0 Å². The number of rotatable bonds is 4. The van der Waals surface area contributed by atoms with Crippen molar-refractivity contribution in [3.63, 3.8) is 0 Å². The van der Waals surface area contributed by atoms with Crippen LogP contribution in [-0.4, -0.2) is 17.9 Å². The summed E-state index contributed by atoms with van der Waals surface area (Å²) in [4.78, 5) is 25.2. The van der Waals surface area contributed by atoms with Crippen LogP contribution in [-0.2, 0) is 0 Å². The Morgan fingerprint density at radius 2 is 1.62 bits per heavy atom. The fraction of sp³-hybridized carbons (Fsp3) is 0.300. The monoisotopic (exact) mass is 390 g/mol. The Bertz CT molecular complexity index is 817. The molecule has 6 heteroatoms. The number of carbonyl (C=O) groups is 2. The summed E-state index contributed by atoms with van der Waals surface area (Å²) in [7, 11) is 0. The molecule has 1 aliphatic carbocycles. The van der Waals surface area contributed by atoms with Crippen LogP contribution in [0.25, 0.3) is 0 Å². The molecule has 0 unspecified atom stereocenters. The van der Waals surface area contributed by atoms with Gasteiger partial charge in [-0.3, -0.25) is 9.59 Å². The molecule has 136 valence electrons. The van der Waals surface area contributed by atoms with E-state index >= 15 is 0 Å². The average Bonchev–Trinajstić information content (AvgIpc) is 2.65. The summed E-state index contributed by atoms with van der Waals surface area (Å²) in [5.41, 5.74) is 1.15. The first-order valence-electron chi connectivity index (χ1n) is 8.71. The van der Waals surface area contributed by atoms with Gasteiger partial charge in [0.25, 0.3) is 11.8 Å². The van der Waals surface area contributed by atoms with Crippen molar-refractivity contribution >= 4 is 40.7 Å². The molecule has 1 fully saturated rings. The second-order valence-electron chi connectivity index (χ2n) is 6.43. The molecule has 2 aromatic carbocycles. The second-order valence-corrected chi connectivity index (χ2v) is 7.28. The van der Waals surface area contributed by atoms with E-state index in [1.807, 2.05) is 0 Å². The zero-order valence-corrected chi connectivity index (χ0v) is 15.7.